The fraction of sp³-hybridized carbons (Fsp3) is 0.600. The number of phosphoric acid groups is 3. The lowest BCUT2D eigenvalue weighted by molar-refractivity contribution is -0.0862. The van der Waals surface area contributed by atoms with Gasteiger partial charge in [-0.1, -0.05) is 0 Å². The predicted octanol–water partition coefficient (Wildman–Crippen LogP) is -1.09. The lowest BCUT2D eigenvalue weighted by Crippen LogP contribution is -2.38. The van der Waals surface area contributed by atoms with Gasteiger partial charge in [-0.15, -0.1) is 0 Å². The normalized spacial score (nSPS) is 37.2. The standard InChI is InChI=1S/C10H15FN3O13P3/c1-9-7(25-29(20,21)27-30(22,23)26-28(17,18)19)10(9,16)5(11)6(24-9)14-3-2-4(12)13-8(14)15/h2-3,5-7,16H,1H3,(H,20,21)(H,22,23)(H2,12,13,15)(H2,17,18,19)/t5-,6+,7?,9+,10+/m0/s1. The molecule has 0 spiro atoms. The van der Waals surface area contributed by atoms with Crippen LogP contribution in [0.25, 0.3) is 0 Å². The number of nitrogens with zero attached hydrogens (tertiary/aromatic N) is 2. The van der Waals surface area contributed by atoms with Gasteiger partial charge in [-0.2, -0.15) is 13.6 Å². The molecule has 1 saturated heterocycles. The number of ether oxygens (including phenoxy) is 1. The van der Waals surface area contributed by atoms with E-state index >= 15 is 0 Å². The fourth-order valence-corrected chi connectivity index (χ4v) is 6.38. The number of nitrogen functional groups attached to an aromatic ring is 1. The number of hydrogen-bond acceptors (Lipinski definition) is 11. The van der Waals surface area contributed by atoms with E-state index in [1.54, 1.807) is 0 Å². The summed E-state index contributed by atoms with van der Waals surface area (Å²) in [4.78, 5) is 50.9. The maximum Gasteiger partial charge on any atom is 0.490 e. The number of hydrogen-bond donors (Lipinski definition) is 6. The molecule has 2 aliphatic rings. The molecule has 16 nitrogen and oxygen atoms in total. The molecule has 1 aromatic rings. The van der Waals surface area contributed by atoms with E-state index in [0.717, 1.165) is 19.2 Å². The second-order valence-electron chi connectivity index (χ2n) is 6.46. The molecule has 3 unspecified atom stereocenters. The third-order valence-corrected chi connectivity index (χ3v) is 8.23. The molecule has 0 aromatic carbocycles. The zero-order chi connectivity index (χ0) is 22.9. The minimum absolute atomic E-state index is 0.162. The Morgan fingerprint density at radius 1 is 1.23 bits per heavy atom. The first kappa shape index (κ1) is 23.6. The van der Waals surface area contributed by atoms with Crippen molar-refractivity contribution in [2.45, 2.75) is 36.6 Å². The van der Waals surface area contributed by atoms with Gasteiger partial charge in [0.1, 0.15) is 17.5 Å². The Bertz CT molecular complexity index is 1080. The van der Waals surface area contributed by atoms with Crippen LogP contribution in [0, 0.1) is 0 Å². The van der Waals surface area contributed by atoms with Crippen LogP contribution in [0.15, 0.2) is 17.1 Å². The number of fused-ring (bicyclic) bond motifs is 1. The quantitative estimate of drug-likeness (QED) is 0.245. The molecule has 1 aromatic heterocycles. The molecular weight excluding hydrogens is 482 g/mol. The Kier molecular flexibility index (Phi) is 5.48. The van der Waals surface area contributed by atoms with Crippen LogP contribution in [0.3, 0.4) is 0 Å². The molecule has 0 radical (unpaired) electrons. The van der Waals surface area contributed by atoms with E-state index in [4.69, 9.17) is 25.2 Å². The van der Waals surface area contributed by atoms with Gasteiger partial charge in [-0.25, -0.2) is 22.9 Å². The summed E-state index contributed by atoms with van der Waals surface area (Å²) in [7, 11) is -17.1. The van der Waals surface area contributed by atoms with Gasteiger partial charge in [-0.3, -0.25) is 9.09 Å². The molecule has 7 atom stereocenters. The number of aliphatic hydroxyl groups is 1. The third kappa shape index (κ3) is 4.05. The maximum absolute atomic E-state index is 14.9. The number of anilines is 1. The molecule has 7 N–H and O–H groups in total. The highest BCUT2D eigenvalue weighted by Crippen LogP contribution is 2.72. The molecule has 1 saturated carbocycles. The summed E-state index contributed by atoms with van der Waals surface area (Å²) in [6.07, 6.45) is -5.04. The van der Waals surface area contributed by atoms with Crippen molar-refractivity contribution in [2.24, 2.45) is 0 Å². The molecule has 0 bridgehead atoms. The number of nitrogens with two attached hydrogens (primary N) is 1. The summed E-state index contributed by atoms with van der Waals surface area (Å²) in [5.41, 5.74) is -0.320. The van der Waals surface area contributed by atoms with Crippen molar-refractivity contribution in [1.82, 2.24) is 9.55 Å². The number of halogens is 1. The average molecular weight is 497 g/mol. The molecule has 20 heteroatoms. The molecule has 2 fully saturated rings. The van der Waals surface area contributed by atoms with Crippen molar-refractivity contribution in [2.75, 3.05) is 5.73 Å². The fourth-order valence-electron chi connectivity index (χ4n) is 3.09. The topological polar surface area (TPSA) is 250 Å². The van der Waals surface area contributed by atoms with E-state index in [1.807, 2.05) is 0 Å². The highest BCUT2D eigenvalue weighted by molar-refractivity contribution is 7.66. The zero-order valence-electron chi connectivity index (χ0n) is 14.6. The molecule has 0 amide bonds. The van der Waals surface area contributed by atoms with Crippen LogP contribution in [-0.4, -0.2) is 57.7 Å². The van der Waals surface area contributed by atoms with E-state index in [9.17, 15) is 32.9 Å². The summed E-state index contributed by atoms with van der Waals surface area (Å²) in [5.74, 6) is -0.162. The van der Waals surface area contributed by atoms with E-state index in [0.29, 0.717) is 4.57 Å². The Morgan fingerprint density at radius 2 is 1.83 bits per heavy atom. The first-order valence-corrected chi connectivity index (χ1v) is 12.2. The SMILES string of the molecule is C[C@]12O[C@@H](n3ccc(N)nc3=O)[C@H](F)[C@@]1(O)C2OP(=O)(O)OP(=O)(O)OP(=O)(O)O. The van der Waals surface area contributed by atoms with Gasteiger partial charge in [-0.05, 0) is 13.0 Å². The highest BCUT2D eigenvalue weighted by atomic mass is 31.3. The molecule has 1 aliphatic carbocycles. The second kappa shape index (κ2) is 6.97. The summed E-state index contributed by atoms with van der Waals surface area (Å²) in [6.45, 7) is 1.05. The van der Waals surface area contributed by atoms with Crippen LogP contribution in [0.2, 0.25) is 0 Å². The summed E-state index contributed by atoms with van der Waals surface area (Å²) < 4.78 is 66.2. The Morgan fingerprint density at radius 3 is 2.30 bits per heavy atom. The van der Waals surface area contributed by atoms with Gasteiger partial charge in [0.2, 0.25) is 0 Å². The molecule has 30 heavy (non-hydrogen) atoms. The zero-order valence-corrected chi connectivity index (χ0v) is 17.3. The lowest BCUT2D eigenvalue weighted by Gasteiger charge is -2.24. The summed E-state index contributed by atoms with van der Waals surface area (Å²) in [5, 5.41) is 10.5. The lowest BCUT2D eigenvalue weighted by atomic mass is 10.1. The van der Waals surface area contributed by atoms with Crippen molar-refractivity contribution in [3.8, 4) is 0 Å². The molecule has 3 rings (SSSR count). The highest BCUT2D eigenvalue weighted by Gasteiger charge is 2.88. The number of aromatic nitrogens is 2. The van der Waals surface area contributed by atoms with Crippen molar-refractivity contribution in [3.63, 3.8) is 0 Å². The third-order valence-electron chi connectivity index (χ3n) is 4.43. The van der Waals surface area contributed by atoms with Crippen LogP contribution in [0.4, 0.5) is 10.2 Å². The van der Waals surface area contributed by atoms with E-state index in [-0.39, 0.29) is 5.82 Å². The molecule has 170 valence electrons. The van der Waals surface area contributed by atoms with Crippen molar-refractivity contribution < 1.29 is 60.6 Å². The van der Waals surface area contributed by atoms with Crippen LogP contribution >= 0.6 is 23.5 Å². The van der Waals surface area contributed by atoms with Gasteiger partial charge < -0.3 is 35.2 Å². The predicted molar refractivity (Wildman–Crippen MR) is 90.0 cm³/mol. The van der Waals surface area contributed by atoms with Crippen molar-refractivity contribution >= 4 is 29.3 Å². The van der Waals surface area contributed by atoms with Gasteiger partial charge >= 0.3 is 29.2 Å². The van der Waals surface area contributed by atoms with Gasteiger partial charge in [0, 0.05) is 6.20 Å². The van der Waals surface area contributed by atoms with Crippen LogP contribution in [0.5, 0.6) is 0 Å². The van der Waals surface area contributed by atoms with Gasteiger partial charge in [0.05, 0.1) is 0 Å². The van der Waals surface area contributed by atoms with E-state index < -0.39 is 58.9 Å². The molecular formula is C10H15FN3O13P3. The van der Waals surface area contributed by atoms with Crippen molar-refractivity contribution in [1.29, 1.82) is 0 Å². The Hall–Kier alpha value is -1.06. The molecule has 1 aliphatic heterocycles. The van der Waals surface area contributed by atoms with Crippen LogP contribution in [0.1, 0.15) is 13.2 Å². The summed E-state index contributed by atoms with van der Waals surface area (Å²) in [6, 6.07) is 1.15. The minimum Gasteiger partial charge on any atom is -0.383 e. The van der Waals surface area contributed by atoms with E-state index in [2.05, 4.69) is 18.1 Å². The minimum atomic E-state index is -5.81. The average Bonchev–Trinajstić information content (AvgIpc) is 2.86. The number of alkyl halides is 1. The van der Waals surface area contributed by atoms with Crippen LogP contribution < -0.4 is 11.4 Å². The number of rotatable bonds is 7. The summed E-state index contributed by atoms with van der Waals surface area (Å²) >= 11 is 0. The first-order chi connectivity index (χ1) is 13.4. The van der Waals surface area contributed by atoms with E-state index in [1.165, 1.54) is 0 Å². The molecule has 2 heterocycles. The Labute approximate surface area is 165 Å². The maximum atomic E-state index is 14.9. The smallest absolute Gasteiger partial charge is 0.383 e. The largest absolute Gasteiger partial charge is 0.490 e. The monoisotopic (exact) mass is 497 g/mol. The first-order valence-electron chi connectivity index (χ1n) is 7.63. The van der Waals surface area contributed by atoms with Gasteiger partial charge in [0.15, 0.2) is 18.0 Å². The van der Waals surface area contributed by atoms with Crippen molar-refractivity contribution in [3.05, 3.63) is 22.7 Å². The second-order valence-corrected chi connectivity index (χ2v) is 10.8. The Balaban J connectivity index is 1.77. The number of phosphoric ester groups is 1. The van der Waals surface area contributed by atoms with Crippen LogP contribution in [-0.2, 0) is 31.6 Å². The van der Waals surface area contributed by atoms with Gasteiger partial charge in [0.25, 0.3) is 0 Å².